The number of thiazole rings is 1. The van der Waals surface area contributed by atoms with Crippen LogP contribution in [0.3, 0.4) is 0 Å². The predicted octanol–water partition coefficient (Wildman–Crippen LogP) is 5.92. The van der Waals surface area contributed by atoms with Crippen molar-refractivity contribution in [1.29, 1.82) is 0 Å². The average Bonchev–Trinajstić information content (AvgIpc) is 3.47. The van der Waals surface area contributed by atoms with E-state index in [2.05, 4.69) is 20.9 Å². The minimum Gasteiger partial charge on any atom is -0.491 e. The van der Waals surface area contributed by atoms with Crippen molar-refractivity contribution in [3.8, 4) is 17.1 Å². The molecule has 0 saturated heterocycles. The summed E-state index contributed by atoms with van der Waals surface area (Å²) in [6.07, 6.45) is 1.61. The highest BCUT2D eigenvalue weighted by molar-refractivity contribution is 9.10. The van der Waals surface area contributed by atoms with Gasteiger partial charge < -0.3 is 13.9 Å². The third kappa shape index (κ3) is 5.36. The van der Waals surface area contributed by atoms with Crippen LogP contribution in [0.1, 0.15) is 50.6 Å². The first-order valence-electron chi connectivity index (χ1n) is 13.0. The van der Waals surface area contributed by atoms with Gasteiger partial charge in [0.2, 0.25) is 0 Å². The molecule has 0 bridgehead atoms. The first-order chi connectivity index (χ1) is 19.2. The molecule has 0 spiro atoms. The van der Waals surface area contributed by atoms with Gasteiger partial charge in [0.1, 0.15) is 23.3 Å². The zero-order valence-electron chi connectivity index (χ0n) is 22.9. The fraction of sp³-hybridized carbons (Fsp3) is 0.258. The van der Waals surface area contributed by atoms with Crippen LogP contribution in [-0.4, -0.2) is 23.2 Å². The van der Waals surface area contributed by atoms with E-state index in [1.807, 2.05) is 75.4 Å². The van der Waals surface area contributed by atoms with Gasteiger partial charge in [0, 0.05) is 21.7 Å². The van der Waals surface area contributed by atoms with Crippen molar-refractivity contribution in [3.05, 3.63) is 107 Å². The molecule has 0 radical (unpaired) electrons. The Balaban J connectivity index is 1.66. The van der Waals surface area contributed by atoms with Gasteiger partial charge >= 0.3 is 5.97 Å². The molecule has 2 aromatic heterocycles. The molecule has 9 heteroatoms. The molecule has 40 heavy (non-hydrogen) atoms. The summed E-state index contributed by atoms with van der Waals surface area (Å²) in [5.74, 6) is 1.30. The minimum atomic E-state index is -0.761. The Morgan fingerprint density at radius 3 is 2.67 bits per heavy atom. The Bertz CT molecular complexity index is 1810. The number of esters is 1. The number of benzene rings is 2. The third-order valence-corrected chi connectivity index (χ3v) is 8.02. The normalized spacial score (nSPS) is 15.3. The summed E-state index contributed by atoms with van der Waals surface area (Å²) in [4.78, 5) is 32.3. The van der Waals surface area contributed by atoms with Crippen molar-refractivity contribution in [2.45, 2.75) is 46.8 Å². The van der Waals surface area contributed by atoms with Crippen LogP contribution < -0.4 is 19.6 Å². The van der Waals surface area contributed by atoms with Gasteiger partial charge in [-0.2, -0.15) is 0 Å². The Labute approximate surface area is 244 Å². The highest BCUT2D eigenvalue weighted by atomic mass is 79.9. The zero-order chi connectivity index (χ0) is 28.6. The topological polar surface area (TPSA) is 83.0 Å². The maximum Gasteiger partial charge on any atom is 0.338 e. The Morgan fingerprint density at radius 1 is 1.18 bits per heavy atom. The molecule has 206 valence electrons. The molecule has 2 aromatic carbocycles. The summed E-state index contributed by atoms with van der Waals surface area (Å²) in [6.45, 7) is 9.61. The Hall–Kier alpha value is -3.69. The van der Waals surface area contributed by atoms with Crippen molar-refractivity contribution in [2.75, 3.05) is 6.61 Å². The molecular formula is C31H29BrN2O5S. The Kier molecular flexibility index (Phi) is 7.96. The lowest BCUT2D eigenvalue weighted by Crippen LogP contribution is -2.40. The molecule has 0 unspecified atom stereocenters. The largest absolute Gasteiger partial charge is 0.491 e. The molecule has 7 nitrogen and oxygen atoms in total. The van der Waals surface area contributed by atoms with Gasteiger partial charge in [-0.1, -0.05) is 51.5 Å². The number of para-hydroxylation sites is 1. The molecule has 3 heterocycles. The summed E-state index contributed by atoms with van der Waals surface area (Å²) in [7, 11) is 0. The second-order valence-corrected chi connectivity index (χ2v) is 11.6. The third-order valence-electron chi connectivity index (χ3n) is 6.38. The molecule has 0 fully saturated rings. The predicted molar refractivity (Wildman–Crippen MR) is 159 cm³/mol. The van der Waals surface area contributed by atoms with Crippen LogP contribution in [0.4, 0.5) is 0 Å². The molecule has 5 rings (SSSR count). The molecule has 1 atom stereocenters. The fourth-order valence-electron chi connectivity index (χ4n) is 4.68. The smallest absolute Gasteiger partial charge is 0.338 e. The van der Waals surface area contributed by atoms with Crippen LogP contribution in [0.15, 0.2) is 84.5 Å². The van der Waals surface area contributed by atoms with Gasteiger partial charge in [0.05, 0.1) is 28.5 Å². The lowest BCUT2D eigenvalue weighted by Gasteiger charge is -2.26. The molecule has 0 amide bonds. The van der Waals surface area contributed by atoms with Crippen LogP contribution in [-0.2, 0) is 9.53 Å². The number of allylic oxidation sites excluding steroid dienone is 1. The second-order valence-electron chi connectivity index (χ2n) is 9.69. The van der Waals surface area contributed by atoms with Crippen LogP contribution in [0.2, 0.25) is 0 Å². The molecular weight excluding hydrogens is 592 g/mol. The number of aromatic nitrogens is 1. The molecule has 4 aromatic rings. The Morgan fingerprint density at radius 2 is 1.95 bits per heavy atom. The number of hydrogen-bond donors (Lipinski definition) is 0. The summed E-state index contributed by atoms with van der Waals surface area (Å²) in [6, 6.07) is 16.4. The van der Waals surface area contributed by atoms with Crippen molar-refractivity contribution in [2.24, 2.45) is 4.99 Å². The number of aryl methyl sites for hydroxylation is 1. The van der Waals surface area contributed by atoms with Crippen molar-refractivity contribution in [3.63, 3.8) is 0 Å². The number of furan rings is 1. The van der Waals surface area contributed by atoms with E-state index < -0.39 is 12.0 Å². The highest BCUT2D eigenvalue weighted by Crippen LogP contribution is 2.36. The van der Waals surface area contributed by atoms with E-state index in [4.69, 9.17) is 13.9 Å². The molecule has 0 saturated carbocycles. The van der Waals surface area contributed by atoms with Gasteiger partial charge in [0.15, 0.2) is 4.80 Å². The van der Waals surface area contributed by atoms with Crippen LogP contribution in [0, 0.1) is 6.92 Å². The van der Waals surface area contributed by atoms with E-state index in [9.17, 15) is 9.59 Å². The number of carbonyl (C=O) groups is 1. The first kappa shape index (κ1) is 27.9. The number of nitrogens with zero attached hydrogens (tertiary/aromatic N) is 2. The van der Waals surface area contributed by atoms with E-state index in [1.165, 1.54) is 11.3 Å². The standard InChI is InChI=1S/C31H29BrN2O5S/c1-6-37-30(36)27-19(5)33-31-34(28(27)22-9-7-8-10-24(22)38-17(2)3)29(35)26(40-31)16-20-12-14-25(39-20)21-13-11-18(4)15-23(21)32/h7-17,28H,6H2,1-5H3/b26-16-/t28-/m0/s1. The van der Waals surface area contributed by atoms with Gasteiger partial charge in [0.25, 0.3) is 5.56 Å². The summed E-state index contributed by atoms with van der Waals surface area (Å²) in [5, 5.41) is 0. The van der Waals surface area contributed by atoms with E-state index in [-0.39, 0.29) is 18.3 Å². The lowest BCUT2D eigenvalue weighted by molar-refractivity contribution is -0.139. The SMILES string of the molecule is CCOC(=O)C1=C(C)N=c2s/c(=C\c3ccc(-c4ccc(C)cc4Br)o3)c(=O)n2[C@H]1c1ccccc1OC(C)C. The molecule has 0 N–H and O–H groups in total. The quantitative estimate of drug-likeness (QED) is 0.240. The van der Waals surface area contributed by atoms with E-state index >= 15 is 0 Å². The number of ether oxygens (including phenoxy) is 2. The van der Waals surface area contributed by atoms with Crippen LogP contribution in [0.5, 0.6) is 5.75 Å². The molecule has 1 aliphatic heterocycles. The number of halogens is 1. The summed E-state index contributed by atoms with van der Waals surface area (Å²) >= 11 is 4.85. The summed E-state index contributed by atoms with van der Waals surface area (Å²) < 4.78 is 20.5. The van der Waals surface area contributed by atoms with Crippen molar-refractivity contribution < 1.29 is 18.7 Å². The number of carbonyl (C=O) groups excluding carboxylic acids is 1. The van der Waals surface area contributed by atoms with Crippen LogP contribution in [0.25, 0.3) is 17.4 Å². The van der Waals surface area contributed by atoms with E-state index in [0.29, 0.717) is 43.4 Å². The maximum atomic E-state index is 14.0. The molecule has 0 aliphatic carbocycles. The van der Waals surface area contributed by atoms with Gasteiger partial charge in [-0.05, 0) is 70.5 Å². The van der Waals surface area contributed by atoms with Crippen LogP contribution >= 0.6 is 27.3 Å². The first-order valence-corrected chi connectivity index (χ1v) is 14.6. The minimum absolute atomic E-state index is 0.102. The molecule has 1 aliphatic rings. The van der Waals surface area contributed by atoms with E-state index in [0.717, 1.165) is 15.6 Å². The lowest BCUT2D eigenvalue weighted by atomic mass is 9.95. The fourth-order valence-corrected chi connectivity index (χ4v) is 6.39. The number of rotatable bonds is 7. The van der Waals surface area contributed by atoms with Crippen molar-refractivity contribution >= 4 is 39.3 Å². The van der Waals surface area contributed by atoms with E-state index in [1.54, 1.807) is 24.5 Å². The highest BCUT2D eigenvalue weighted by Gasteiger charge is 2.35. The van der Waals surface area contributed by atoms with Gasteiger partial charge in [-0.3, -0.25) is 9.36 Å². The number of hydrogen-bond acceptors (Lipinski definition) is 7. The second kappa shape index (κ2) is 11.4. The van der Waals surface area contributed by atoms with Crippen molar-refractivity contribution in [1.82, 2.24) is 4.57 Å². The van der Waals surface area contributed by atoms with Gasteiger partial charge in [-0.15, -0.1) is 0 Å². The monoisotopic (exact) mass is 620 g/mol. The maximum absolute atomic E-state index is 14.0. The van der Waals surface area contributed by atoms with Gasteiger partial charge in [-0.25, -0.2) is 9.79 Å². The summed E-state index contributed by atoms with van der Waals surface area (Å²) in [5.41, 5.74) is 3.27. The average molecular weight is 622 g/mol. The zero-order valence-corrected chi connectivity index (χ0v) is 25.3. The number of fused-ring (bicyclic) bond motifs is 1.